The summed E-state index contributed by atoms with van der Waals surface area (Å²) in [6.07, 6.45) is 32.1. The summed E-state index contributed by atoms with van der Waals surface area (Å²) in [6.45, 7) is 6.02. The van der Waals surface area contributed by atoms with Gasteiger partial charge in [0.25, 0.3) is 0 Å². The normalized spacial score (nSPS) is 19.3. The Kier molecular flexibility index (Phi) is 15.2. The average Bonchev–Trinajstić information content (AvgIpc) is 3.23. The van der Waals surface area contributed by atoms with E-state index in [0.717, 1.165) is 44.1 Å². The van der Waals surface area contributed by atoms with E-state index < -0.39 is 12.2 Å². The standard InChI is InChI=1S/C34H45NO3/c1-4-6-7-8-9-10-11-12-13-14-15-16-17-18-19-20-21-23-26-30(5-2)33(36)35-29(3)32(38-34(35)37)31-27-24-22-25-28-31/h6-7,9-10,12-13,15-16,18-19,21-25,27-30,32H,4-5,8,11,14,17,20,26H2,1-3H3/b7-6-,10-9-,13-12-,16-15-,19-18-,23-21-/t29-,30+,32-/m0/s1. The largest absolute Gasteiger partial charge is 0.439 e. The van der Waals surface area contributed by atoms with E-state index in [0.29, 0.717) is 12.8 Å². The van der Waals surface area contributed by atoms with Gasteiger partial charge in [0.15, 0.2) is 0 Å². The van der Waals surface area contributed by atoms with E-state index >= 15 is 0 Å². The summed E-state index contributed by atoms with van der Waals surface area (Å²) in [5, 5.41) is 0. The average molecular weight is 516 g/mol. The van der Waals surface area contributed by atoms with Crippen LogP contribution in [-0.2, 0) is 9.53 Å². The summed E-state index contributed by atoms with van der Waals surface area (Å²) < 4.78 is 5.56. The number of nitrogens with zero attached hydrogens (tertiary/aromatic N) is 1. The molecular weight excluding hydrogens is 470 g/mol. The lowest BCUT2D eigenvalue weighted by molar-refractivity contribution is -0.133. The first-order valence-electron chi connectivity index (χ1n) is 14.1. The van der Waals surface area contributed by atoms with E-state index in [1.807, 2.05) is 50.3 Å². The minimum absolute atomic E-state index is 0.150. The Morgan fingerprint density at radius 2 is 1.26 bits per heavy atom. The highest BCUT2D eigenvalue weighted by atomic mass is 16.6. The molecule has 2 amide bonds. The predicted molar refractivity (Wildman–Crippen MR) is 159 cm³/mol. The van der Waals surface area contributed by atoms with Gasteiger partial charge in [0.1, 0.15) is 6.10 Å². The number of benzene rings is 1. The fourth-order valence-electron chi connectivity index (χ4n) is 4.27. The third kappa shape index (κ3) is 10.9. The van der Waals surface area contributed by atoms with Crippen LogP contribution in [0.1, 0.15) is 83.8 Å². The molecule has 0 unspecified atom stereocenters. The molecule has 1 aliphatic rings. The number of amides is 2. The van der Waals surface area contributed by atoms with E-state index in [-0.39, 0.29) is 17.9 Å². The molecule has 1 aromatic rings. The van der Waals surface area contributed by atoms with Crippen molar-refractivity contribution in [2.75, 3.05) is 0 Å². The smallest absolute Gasteiger partial charge is 0.417 e. The molecule has 1 aromatic carbocycles. The van der Waals surface area contributed by atoms with Crippen LogP contribution < -0.4 is 0 Å². The summed E-state index contributed by atoms with van der Waals surface area (Å²) in [5.41, 5.74) is 0.911. The molecule has 2 rings (SSSR count). The van der Waals surface area contributed by atoms with Crippen LogP contribution in [0.5, 0.6) is 0 Å². The molecule has 4 nitrogen and oxygen atoms in total. The van der Waals surface area contributed by atoms with Crippen molar-refractivity contribution in [1.82, 2.24) is 4.90 Å². The van der Waals surface area contributed by atoms with E-state index in [9.17, 15) is 9.59 Å². The minimum Gasteiger partial charge on any atom is -0.439 e. The number of cyclic esters (lactones) is 1. The number of hydrogen-bond acceptors (Lipinski definition) is 3. The Morgan fingerprint density at radius 1 is 0.789 bits per heavy atom. The van der Waals surface area contributed by atoms with Crippen LogP contribution in [0, 0.1) is 5.92 Å². The van der Waals surface area contributed by atoms with Crippen molar-refractivity contribution in [3.63, 3.8) is 0 Å². The number of carbonyl (C=O) groups excluding carboxylic acids is 2. The van der Waals surface area contributed by atoms with Crippen LogP contribution in [0.25, 0.3) is 0 Å². The maximum absolute atomic E-state index is 13.1. The van der Waals surface area contributed by atoms with Gasteiger partial charge < -0.3 is 4.74 Å². The SMILES string of the molecule is CC/C=C\C/C=C\C/C=C\C/C=C\C/C=C\C/C=C\C[C@@H](CC)C(=O)N1C(=O)O[C@H](c2ccccc2)[C@@H]1C. The fraction of sp³-hybridized carbons (Fsp3) is 0.412. The third-order valence-electron chi connectivity index (χ3n) is 6.49. The van der Waals surface area contributed by atoms with Gasteiger partial charge in [0.2, 0.25) is 5.91 Å². The molecule has 204 valence electrons. The number of rotatable bonds is 16. The van der Waals surface area contributed by atoms with Crippen LogP contribution >= 0.6 is 0 Å². The fourth-order valence-corrected chi connectivity index (χ4v) is 4.27. The van der Waals surface area contributed by atoms with E-state index in [4.69, 9.17) is 4.74 Å². The maximum atomic E-state index is 13.1. The molecule has 0 aliphatic carbocycles. The maximum Gasteiger partial charge on any atom is 0.417 e. The molecule has 1 aliphatic heterocycles. The topological polar surface area (TPSA) is 46.6 Å². The van der Waals surface area contributed by atoms with Crippen LogP contribution in [0.2, 0.25) is 0 Å². The number of allylic oxidation sites excluding steroid dienone is 12. The lowest BCUT2D eigenvalue weighted by Crippen LogP contribution is -2.41. The van der Waals surface area contributed by atoms with Crippen molar-refractivity contribution in [3.8, 4) is 0 Å². The molecule has 0 aromatic heterocycles. The van der Waals surface area contributed by atoms with E-state index in [1.165, 1.54) is 4.90 Å². The third-order valence-corrected chi connectivity index (χ3v) is 6.49. The Balaban J connectivity index is 1.66. The number of ether oxygens (including phenoxy) is 1. The zero-order valence-electron chi connectivity index (χ0n) is 23.4. The molecular formula is C34H45NO3. The van der Waals surface area contributed by atoms with Crippen molar-refractivity contribution in [2.24, 2.45) is 5.92 Å². The highest BCUT2D eigenvalue weighted by Crippen LogP contribution is 2.34. The summed E-state index contributed by atoms with van der Waals surface area (Å²) in [5.74, 6) is -0.382. The van der Waals surface area contributed by atoms with E-state index in [1.54, 1.807) is 0 Å². The second-order valence-corrected chi connectivity index (χ2v) is 9.42. The van der Waals surface area contributed by atoms with Crippen LogP contribution in [0.4, 0.5) is 4.79 Å². The summed E-state index contributed by atoms with van der Waals surface area (Å²) >= 11 is 0. The Labute approximate surface area is 230 Å². The minimum atomic E-state index is -0.544. The summed E-state index contributed by atoms with van der Waals surface area (Å²) in [6, 6.07) is 9.28. The molecule has 0 radical (unpaired) electrons. The first-order chi connectivity index (χ1) is 18.6. The zero-order chi connectivity index (χ0) is 27.4. The molecule has 0 N–H and O–H groups in total. The van der Waals surface area contributed by atoms with Gasteiger partial charge >= 0.3 is 6.09 Å². The van der Waals surface area contributed by atoms with Crippen LogP contribution in [0.15, 0.2) is 103 Å². The number of imide groups is 1. The molecule has 1 saturated heterocycles. The predicted octanol–water partition coefficient (Wildman–Crippen LogP) is 9.21. The van der Waals surface area contributed by atoms with Crippen molar-refractivity contribution >= 4 is 12.0 Å². The van der Waals surface area contributed by atoms with Crippen molar-refractivity contribution < 1.29 is 14.3 Å². The second kappa shape index (κ2) is 18.8. The van der Waals surface area contributed by atoms with Gasteiger partial charge in [0, 0.05) is 5.92 Å². The Morgan fingerprint density at radius 3 is 1.74 bits per heavy atom. The van der Waals surface area contributed by atoms with Crippen molar-refractivity contribution in [2.45, 2.75) is 84.3 Å². The molecule has 38 heavy (non-hydrogen) atoms. The molecule has 3 atom stereocenters. The molecule has 1 fully saturated rings. The molecule has 0 bridgehead atoms. The van der Waals surface area contributed by atoms with Gasteiger partial charge in [-0.05, 0) is 63.9 Å². The van der Waals surface area contributed by atoms with Gasteiger partial charge in [-0.3, -0.25) is 4.79 Å². The van der Waals surface area contributed by atoms with Gasteiger partial charge in [-0.25, -0.2) is 9.69 Å². The highest BCUT2D eigenvalue weighted by molar-refractivity contribution is 5.95. The molecule has 0 spiro atoms. The number of hydrogen-bond donors (Lipinski definition) is 0. The second-order valence-electron chi connectivity index (χ2n) is 9.42. The first-order valence-corrected chi connectivity index (χ1v) is 14.1. The summed E-state index contributed by atoms with van der Waals surface area (Å²) in [4.78, 5) is 27.0. The summed E-state index contributed by atoms with van der Waals surface area (Å²) in [7, 11) is 0. The van der Waals surface area contributed by atoms with E-state index in [2.05, 4.69) is 73.8 Å². The number of carbonyl (C=O) groups is 2. The van der Waals surface area contributed by atoms with Crippen molar-refractivity contribution in [3.05, 3.63) is 109 Å². The van der Waals surface area contributed by atoms with Gasteiger partial charge in [-0.15, -0.1) is 0 Å². The monoisotopic (exact) mass is 515 g/mol. The Bertz CT molecular complexity index is 1000. The van der Waals surface area contributed by atoms with Crippen molar-refractivity contribution in [1.29, 1.82) is 0 Å². The molecule has 4 heteroatoms. The molecule has 0 saturated carbocycles. The zero-order valence-corrected chi connectivity index (χ0v) is 23.4. The van der Waals surface area contributed by atoms with Gasteiger partial charge in [0.05, 0.1) is 6.04 Å². The van der Waals surface area contributed by atoms with Crippen LogP contribution in [0.3, 0.4) is 0 Å². The van der Waals surface area contributed by atoms with Gasteiger partial charge in [-0.1, -0.05) is 117 Å². The lowest BCUT2D eigenvalue weighted by Gasteiger charge is -2.23. The quantitative estimate of drug-likeness (QED) is 0.206. The molecule has 1 heterocycles. The van der Waals surface area contributed by atoms with Gasteiger partial charge in [-0.2, -0.15) is 0 Å². The Hall–Kier alpha value is -3.40. The first kappa shape index (κ1) is 30.8. The lowest BCUT2D eigenvalue weighted by atomic mass is 9.98. The van der Waals surface area contributed by atoms with Crippen LogP contribution in [-0.4, -0.2) is 22.9 Å². The highest BCUT2D eigenvalue weighted by Gasteiger charge is 2.44.